The molecule has 0 unspecified atom stereocenters. The predicted molar refractivity (Wildman–Crippen MR) is 52.3 cm³/mol. The van der Waals surface area contributed by atoms with E-state index in [0.29, 0.717) is 6.42 Å². The molecular weight excluding hydrogens is 184 g/mol. The number of thiophene rings is 1. The smallest absolute Gasteiger partial charge is 0.303 e. The van der Waals surface area contributed by atoms with Crippen LogP contribution in [-0.4, -0.2) is 5.97 Å². The number of hydrogen-bond acceptors (Lipinski definition) is 3. The van der Waals surface area contributed by atoms with Gasteiger partial charge in [0.05, 0.1) is 6.42 Å². The minimum Gasteiger partial charge on any atom is -0.456 e. The molecule has 0 radical (unpaired) electrons. The van der Waals surface area contributed by atoms with Crippen LogP contribution in [0.25, 0.3) is 0 Å². The highest BCUT2D eigenvalue weighted by atomic mass is 32.1. The van der Waals surface area contributed by atoms with E-state index >= 15 is 0 Å². The van der Waals surface area contributed by atoms with E-state index in [0.717, 1.165) is 4.88 Å². The lowest BCUT2D eigenvalue weighted by Gasteiger charge is -2.11. The van der Waals surface area contributed by atoms with Gasteiger partial charge in [-0.3, -0.25) is 4.79 Å². The zero-order valence-electron chi connectivity index (χ0n) is 7.32. The number of hydrogen-bond donors (Lipinski definition) is 0. The summed E-state index contributed by atoms with van der Waals surface area (Å²) in [6.45, 7) is 1.39. The fourth-order valence-corrected chi connectivity index (χ4v) is 1.74. The zero-order valence-corrected chi connectivity index (χ0v) is 8.14. The van der Waals surface area contributed by atoms with E-state index in [-0.39, 0.29) is 12.1 Å². The summed E-state index contributed by atoms with van der Waals surface area (Å²) in [5.74, 6) is 2.19. The third-order valence-corrected chi connectivity index (χ3v) is 2.44. The molecule has 1 aromatic rings. The SMILES string of the molecule is C#CC[C@@H](OC(C)=O)c1cccs1. The van der Waals surface area contributed by atoms with Crippen LogP contribution >= 0.6 is 11.3 Å². The van der Waals surface area contributed by atoms with Crippen LogP contribution in [0.1, 0.15) is 24.3 Å². The van der Waals surface area contributed by atoms with Crippen molar-refractivity contribution in [2.45, 2.75) is 19.4 Å². The molecule has 1 heterocycles. The fraction of sp³-hybridized carbons (Fsp3) is 0.300. The third-order valence-electron chi connectivity index (χ3n) is 1.47. The molecule has 0 saturated heterocycles. The van der Waals surface area contributed by atoms with Gasteiger partial charge in [-0.25, -0.2) is 0 Å². The molecule has 0 bridgehead atoms. The Hall–Kier alpha value is -1.27. The van der Waals surface area contributed by atoms with Gasteiger partial charge in [0.1, 0.15) is 6.10 Å². The van der Waals surface area contributed by atoms with Crippen molar-refractivity contribution in [1.29, 1.82) is 0 Å². The summed E-state index contributed by atoms with van der Waals surface area (Å²) in [6.07, 6.45) is 5.33. The lowest BCUT2D eigenvalue weighted by atomic mass is 10.2. The van der Waals surface area contributed by atoms with Crippen LogP contribution in [0.3, 0.4) is 0 Å². The highest BCUT2D eigenvalue weighted by Gasteiger charge is 2.13. The zero-order chi connectivity index (χ0) is 9.68. The fourth-order valence-electron chi connectivity index (χ4n) is 0.982. The number of rotatable bonds is 3. The second-order valence-electron chi connectivity index (χ2n) is 2.52. The van der Waals surface area contributed by atoms with E-state index in [4.69, 9.17) is 11.2 Å². The van der Waals surface area contributed by atoms with Crippen molar-refractivity contribution >= 4 is 17.3 Å². The van der Waals surface area contributed by atoms with Gasteiger partial charge >= 0.3 is 5.97 Å². The summed E-state index contributed by atoms with van der Waals surface area (Å²) in [5, 5.41) is 1.93. The van der Waals surface area contributed by atoms with Gasteiger partial charge in [-0.1, -0.05) is 6.07 Å². The molecule has 0 aliphatic rings. The van der Waals surface area contributed by atoms with Crippen molar-refractivity contribution in [2.75, 3.05) is 0 Å². The normalized spacial score (nSPS) is 11.7. The largest absolute Gasteiger partial charge is 0.456 e. The maximum atomic E-state index is 10.7. The Morgan fingerprint density at radius 3 is 3.08 bits per heavy atom. The van der Waals surface area contributed by atoms with Crippen LogP contribution in [0.4, 0.5) is 0 Å². The van der Waals surface area contributed by atoms with Gasteiger partial charge in [-0.2, -0.15) is 0 Å². The lowest BCUT2D eigenvalue weighted by molar-refractivity contribution is -0.146. The molecule has 0 aromatic carbocycles. The first-order chi connectivity index (χ1) is 6.24. The highest BCUT2D eigenvalue weighted by molar-refractivity contribution is 7.10. The molecule has 0 aliphatic heterocycles. The Kier molecular flexibility index (Phi) is 3.53. The average molecular weight is 194 g/mol. The monoisotopic (exact) mass is 194 g/mol. The molecule has 0 amide bonds. The molecule has 1 rings (SSSR count). The molecule has 1 atom stereocenters. The van der Waals surface area contributed by atoms with Crippen LogP contribution in [0.15, 0.2) is 17.5 Å². The van der Waals surface area contributed by atoms with Gasteiger partial charge < -0.3 is 4.74 Å². The Morgan fingerprint density at radius 1 is 1.85 bits per heavy atom. The summed E-state index contributed by atoms with van der Waals surface area (Å²) >= 11 is 1.54. The van der Waals surface area contributed by atoms with E-state index in [1.54, 1.807) is 11.3 Å². The molecule has 0 saturated carbocycles. The summed E-state index contributed by atoms with van der Waals surface area (Å²) < 4.78 is 5.06. The van der Waals surface area contributed by atoms with Crippen LogP contribution in [-0.2, 0) is 9.53 Å². The van der Waals surface area contributed by atoms with E-state index in [1.807, 2.05) is 17.5 Å². The number of esters is 1. The molecule has 0 fully saturated rings. The topological polar surface area (TPSA) is 26.3 Å². The van der Waals surface area contributed by atoms with Gasteiger partial charge in [-0.15, -0.1) is 23.7 Å². The van der Waals surface area contributed by atoms with Crippen LogP contribution in [0.5, 0.6) is 0 Å². The Labute approximate surface area is 81.5 Å². The average Bonchev–Trinajstić information content (AvgIpc) is 2.54. The quantitative estimate of drug-likeness (QED) is 0.545. The molecule has 0 N–H and O–H groups in total. The number of ether oxygens (including phenoxy) is 1. The molecule has 1 aromatic heterocycles. The van der Waals surface area contributed by atoms with E-state index in [1.165, 1.54) is 6.92 Å². The van der Waals surface area contributed by atoms with Gasteiger partial charge in [0, 0.05) is 11.8 Å². The Bertz CT molecular complexity index is 308. The Balaban J connectivity index is 2.69. The maximum Gasteiger partial charge on any atom is 0.303 e. The minimum atomic E-state index is -0.298. The summed E-state index contributed by atoms with van der Waals surface area (Å²) in [4.78, 5) is 11.7. The first kappa shape index (κ1) is 9.82. The van der Waals surface area contributed by atoms with Gasteiger partial charge in [0.25, 0.3) is 0 Å². The molecule has 2 nitrogen and oxygen atoms in total. The van der Waals surface area contributed by atoms with E-state index < -0.39 is 0 Å². The highest BCUT2D eigenvalue weighted by Crippen LogP contribution is 2.25. The van der Waals surface area contributed by atoms with Crippen LogP contribution in [0, 0.1) is 12.3 Å². The summed E-state index contributed by atoms with van der Waals surface area (Å²) in [6, 6.07) is 3.82. The van der Waals surface area contributed by atoms with Gasteiger partial charge in [0.15, 0.2) is 0 Å². The second-order valence-corrected chi connectivity index (χ2v) is 3.50. The van der Waals surface area contributed by atoms with Crippen LogP contribution in [0.2, 0.25) is 0 Å². The first-order valence-electron chi connectivity index (χ1n) is 3.88. The second kappa shape index (κ2) is 4.68. The van der Waals surface area contributed by atoms with Gasteiger partial charge in [0.2, 0.25) is 0 Å². The minimum absolute atomic E-state index is 0.275. The molecular formula is C10H10O2S. The first-order valence-corrected chi connectivity index (χ1v) is 4.76. The standard InChI is InChI=1S/C10H10O2S/c1-3-5-9(12-8(2)11)10-6-4-7-13-10/h1,4,6-7,9H,5H2,2H3/t9-/m1/s1. The molecule has 0 spiro atoms. The van der Waals surface area contributed by atoms with Crippen molar-refractivity contribution in [1.82, 2.24) is 0 Å². The van der Waals surface area contributed by atoms with Crippen molar-refractivity contribution in [3.8, 4) is 12.3 Å². The van der Waals surface area contributed by atoms with Crippen molar-refractivity contribution < 1.29 is 9.53 Å². The lowest BCUT2D eigenvalue weighted by Crippen LogP contribution is -2.06. The van der Waals surface area contributed by atoms with E-state index in [2.05, 4.69) is 5.92 Å². The molecule has 13 heavy (non-hydrogen) atoms. The third kappa shape index (κ3) is 2.92. The molecule has 3 heteroatoms. The van der Waals surface area contributed by atoms with Crippen molar-refractivity contribution in [3.05, 3.63) is 22.4 Å². The number of carbonyl (C=O) groups excluding carboxylic acids is 1. The van der Waals surface area contributed by atoms with Gasteiger partial charge in [-0.05, 0) is 11.4 Å². The summed E-state index contributed by atoms with van der Waals surface area (Å²) in [5.41, 5.74) is 0. The summed E-state index contributed by atoms with van der Waals surface area (Å²) in [7, 11) is 0. The molecule has 68 valence electrons. The Morgan fingerprint density at radius 2 is 2.62 bits per heavy atom. The van der Waals surface area contributed by atoms with E-state index in [9.17, 15) is 4.79 Å². The number of carbonyl (C=O) groups is 1. The van der Waals surface area contributed by atoms with Crippen molar-refractivity contribution in [3.63, 3.8) is 0 Å². The number of terminal acetylenes is 1. The maximum absolute atomic E-state index is 10.7. The van der Waals surface area contributed by atoms with Crippen molar-refractivity contribution in [2.24, 2.45) is 0 Å². The molecule has 0 aliphatic carbocycles. The predicted octanol–water partition coefficient (Wildman–Crippen LogP) is 2.38. The van der Waals surface area contributed by atoms with Crippen LogP contribution < -0.4 is 0 Å².